The molecule has 0 aliphatic rings. The molecular formula is C11H17F3O4S. The lowest BCUT2D eigenvalue weighted by Gasteiger charge is -2.13. The van der Waals surface area contributed by atoms with Gasteiger partial charge in [0.15, 0.2) is 0 Å². The van der Waals surface area contributed by atoms with E-state index in [1.54, 1.807) is 0 Å². The number of allylic oxidation sites excluding steroid dienone is 2. The maximum atomic E-state index is 12.7. The number of rotatable bonds is 8. The average Bonchev–Trinajstić information content (AvgIpc) is 2.27. The first kappa shape index (κ1) is 17.9. The van der Waals surface area contributed by atoms with Crippen LogP contribution in [0.4, 0.5) is 12.7 Å². The Morgan fingerprint density at radius 1 is 1.37 bits per heavy atom. The van der Waals surface area contributed by atoms with Crippen LogP contribution in [0.5, 0.6) is 0 Å². The summed E-state index contributed by atoms with van der Waals surface area (Å²) in [6, 6.07) is 0. The van der Waals surface area contributed by atoms with Crippen molar-refractivity contribution in [1.82, 2.24) is 0 Å². The summed E-state index contributed by atoms with van der Waals surface area (Å²) >= 11 is 0. The molecule has 4 nitrogen and oxygen atoms in total. The van der Waals surface area contributed by atoms with E-state index in [9.17, 15) is 25.9 Å². The van der Waals surface area contributed by atoms with Crippen molar-refractivity contribution in [3.8, 4) is 0 Å². The van der Waals surface area contributed by atoms with Gasteiger partial charge in [-0.25, -0.2) is 4.79 Å². The van der Waals surface area contributed by atoms with Crippen molar-refractivity contribution in [3.05, 3.63) is 12.2 Å². The molecule has 112 valence electrons. The SMILES string of the molecule is C/C=C/CCC(C)CCOC(=O)C(F)(F)S(=O)(=O)F. The summed E-state index contributed by atoms with van der Waals surface area (Å²) in [7, 11) is -6.29. The highest BCUT2D eigenvalue weighted by Crippen LogP contribution is 2.25. The second-order valence-corrected chi connectivity index (χ2v) is 5.52. The van der Waals surface area contributed by atoms with Gasteiger partial charge in [0.05, 0.1) is 6.61 Å². The van der Waals surface area contributed by atoms with Crippen LogP contribution in [0.3, 0.4) is 0 Å². The van der Waals surface area contributed by atoms with Crippen molar-refractivity contribution in [2.24, 2.45) is 5.92 Å². The van der Waals surface area contributed by atoms with Crippen molar-refractivity contribution in [2.45, 2.75) is 38.4 Å². The van der Waals surface area contributed by atoms with Gasteiger partial charge < -0.3 is 4.74 Å². The lowest BCUT2D eigenvalue weighted by Crippen LogP contribution is -2.37. The lowest BCUT2D eigenvalue weighted by molar-refractivity contribution is -0.161. The number of alkyl halides is 2. The van der Waals surface area contributed by atoms with Crippen LogP contribution in [0, 0.1) is 5.92 Å². The van der Waals surface area contributed by atoms with Gasteiger partial charge in [-0.05, 0) is 32.1 Å². The minimum Gasteiger partial charge on any atom is -0.460 e. The van der Waals surface area contributed by atoms with Gasteiger partial charge in [0, 0.05) is 0 Å². The summed E-state index contributed by atoms with van der Waals surface area (Å²) in [5.74, 6) is -2.27. The monoisotopic (exact) mass is 302 g/mol. The van der Waals surface area contributed by atoms with E-state index in [0.29, 0.717) is 6.42 Å². The molecule has 0 heterocycles. The highest BCUT2D eigenvalue weighted by Gasteiger charge is 2.55. The third kappa shape index (κ3) is 6.09. The summed E-state index contributed by atoms with van der Waals surface area (Å²) in [5, 5.41) is -5.14. The fraction of sp³-hybridized carbons (Fsp3) is 0.727. The molecular weight excluding hydrogens is 285 g/mol. The second kappa shape index (κ2) is 7.52. The van der Waals surface area contributed by atoms with E-state index in [0.717, 1.165) is 12.8 Å². The Kier molecular flexibility index (Phi) is 7.10. The number of halogens is 3. The maximum Gasteiger partial charge on any atom is 0.470 e. The number of carbonyl (C=O) groups is 1. The van der Waals surface area contributed by atoms with Gasteiger partial charge in [-0.3, -0.25) is 0 Å². The largest absolute Gasteiger partial charge is 0.470 e. The summed E-state index contributed by atoms with van der Waals surface area (Å²) < 4.78 is 61.6. The van der Waals surface area contributed by atoms with E-state index in [-0.39, 0.29) is 12.5 Å². The Balaban J connectivity index is 4.12. The predicted molar refractivity (Wildman–Crippen MR) is 63.8 cm³/mol. The zero-order valence-corrected chi connectivity index (χ0v) is 11.6. The summed E-state index contributed by atoms with van der Waals surface area (Å²) in [6.45, 7) is 3.33. The van der Waals surface area contributed by atoms with Crippen molar-refractivity contribution in [1.29, 1.82) is 0 Å². The lowest BCUT2D eigenvalue weighted by atomic mass is 10.0. The van der Waals surface area contributed by atoms with Crippen LogP contribution in [0.2, 0.25) is 0 Å². The van der Waals surface area contributed by atoms with Crippen molar-refractivity contribution in [3.63, 3.8) is 0 Å². The molecule has 0 saturated carbocycles. The molecule has 0 bridgehead atoms. The topological polar surface area (TPSA) is 60.4 Å². The van der Waals surface area contributed by atoms with Gasteiger partial charge in [0.2, 0.25) is 0 Å². The van der Waals surface area contributed by atoms with Gasteiger partial charge in [-0.1, -0.05) is 23.0 Å². The summed E-state index contributed by atoms with van der Waals surface area (Å²) in [4.78, 5) is 10.8. The zero-order valence-electron chi connectivity index (χ0n) is 10.7. The van der Waals surface area contributed by atoms with E-state index in [2.05, 4.69) is 4.74 Å². The Morgan fingerprint density at radius 3 is 2.42 bits per heavy atom. The van der Waals surface area contributed by atoms with E-state index in [4.69, 9.17) is 0 Å². The van der Waals surface area contributed by atoms with Crippen LogP contribution >= 0.6 is 0 Å². The van der Waals surface area contributed by atoms with E-state index in [1.807, 2.05) is 26.0 Å². The molecule has 0 saturated heterocycles. The number of hydrogen-bond acceptors (Lipinski definition) is 4. The number of ether oxygens (including phenoxy) is 1. The van der Waals surface area contributed by atoms with E-state index >= 15 is 0 Å². The van der Waals surface area contributed by atoms with Gasteiger partial charge in [0.1, 0.15) is 0 Å². The maximum absolute atomic E-state index is 12.7. The standard InChI is InChI=1S/C11H17F3O4S/c1-3-4-5-6-9(2)7-8-18-10(15)11(12,13)19(14,16)17/h3-4,9H,5-8H2,1-2H3/b4-3+. The molecule has 0 aliphatic heterocycles. The van der Waals surface area contributed by atoms with E-state index in [1.165, 1.54) is 0 Å². The fourth-order valence-electron chi connectivity index (χ4n) is 1.23. The highest BCUT2D eigenvalue weighted by molar-refractivity contribution is 7.88. The number of hydrogen-bond donors (Lipinski definition) is 0. The molecule has 1 atom stereocenters. The molecule has 19 heavy (non-hydrogen) atoms. The first-order valence-corrected chi connectivity index (χ1v) is 7.11. The van der Waals surface area contributed by atoms with Crippen LogP contribution in [-0.2, 0) is 19.8 Å². The Morgan fingerprint density at radius 2 is 1.95 bits per heavy atom. The van der Waals surface area contributed by atoms with Crippen LogP contribution in [0.1, 0.15) is 33.1 Å². The molecule has 0 radical (unpaired) electrons. The average molecular weight is 302 g/mol. The molecule has 1 unspecified atom stereocenters. The van der Waals surface area contributed by atoms with Crippen molar-refractivity contribution >= 4 is 16.2 Å². The van der Waals surface area contributed by atoms with Crippen molar-refractivity contribution < 1.29 is 30.6 Å². The van der Waals surface area contributed by atoms with Crippen LogP contribution in [0.25, 0.3) is 0 Å². The normalized spacial score (nSPS) is 14.6. The quantitative estimate of drug-likeness (QED) is 0.393. The number of esters is 1. The van der Waals surface area contributed by atoms with Gasteiger partial charge in [-0.2, -0.15) is 17.2 Å². The van der Waals surface area contributed by atoms with E-state index < -0.39 is 21.4 Å². The molecule has 0 spiro atoms. The predicted octanol–water partition coefficient (Wildman–Crippen LogP) is 2.80. The van der Waals surface area contributed by atoms with Crippen LogP contribution in [-0.4, -0.2) is 26.2 Å². The summed E-state index contributed by atoms with van der Waals surface area (Å²) in [5.41, 5.74) is 0. The number of carbonyl (C=O) groups excluding carboxylic acids is 1. The molecule has 0 rings (SSSR count). The molecule has 0 aromatic rings. The minimum absolute atomic E-state index is 0.111. The Bertz CT molecular complexity index is 418. The molecule has 0 fully saturated rings. The van der Waals surface area contributed by atoms with Gasteiger partial charge in [0.25, 0.3) is 0 Å². The van der Waals surface area contributed by atoms with Gasteiger partial charge in [-0.15, -0.1) is 0 Å². The molecule has 8 heteroatoms. The molecule has 0 N–H and O–H groups in total. The molecule has 0 amide bonds. The third-order valence-corrected chi connectivity index (χ3v) is 3.23. The Hall–Kier alpha value is -1.05. The first-order chi connectivity index (χ1) is 8.63. The van der Waals surface area contributed by atoms with Crippen molar-refractivity contribution in [2.75, 3.05) is 6.61 Å². The van der Waals surface area contributed by atoms with Crippen LogP contribution < -0.4 is 0 Å². The molecule has 0 aliphatic carbocycles. The third-order valence-electron chi connectivity index (χ3n) is 2.45. The van der Waals surface area contributed by atoms with Crippen LogP contribution in [0.15, 0.2) is 12.2 Å². The second-order valence-electron chi connectivity index (χ2n) is 4.13. The zero-order chi connectivity index (χ0) is 15.1. The smallest absolute Gasteiger partial charge is 0.460 e. The highest BCUT2D eigenvalue weighted by atomic mass is 32.3. The molecule has 0 aromatic carbocycles. The fourth-order valence-corrected chi connectivity index (χ4v) is 1.49. The first-order valence-electron chi connectivity index (χ1n) is 5.73. The van der Waals surface area contributed by atoms with Gasteiger partial charge >= 0.3 is 21.4 Å². The minimum atomic E-state index is -6.29. The molecule has 0 aromatic heterocycles. The Labute approximate surface area is 110 Å². The summed E-state index contributed by atoms with van der Waals surface area (Å²) in [6.07, 6.45) is 5.69.